The van der Waals surface area contributed by atoms with E-state index in [1.165, 1.54) is 16.7 Å². The lowest BCUT2D eigenvalue weighted by atomic mass is 9.51. The molecule has 0 radical (unpaired) electrons. The van der Waals surface area contributed by atoms with Crippen molar-refractivity contribution < 1.29 is 9.90 Å². The first-order valence-corrected chi connectivity index (χ1v) is 11.3. The maximum absolute atomic E-state index is 12.1. The minimum atomic E-state index is -0.923. The van der Waals surface area contributed by atoms with Gasteiger partial charge in [0, 0.05) is 23.4 Å². The zero-order chi connectivity index (χ0) is 21.1. The molecule has 3 nitrogen and oxygen atoms in total. The second-order valence-corrected chi connectivity index (χ2v) is 9.94. The first-order chi connectivity index (χ1) is 14.4. The van der Waals surface area contributed by atoms with E-state index in [0.717, 1.165) is 44.2 Å². The lowest BCUT2D eigenvalue weighted by Crippen LogP contribution is -2.51. The van der Waals surface area contributed by atoms with E-state index in [-0.39, 0.29) is 17.1 Å². The number of hydrogen-bond donors (Lipinski definition) is 2. The highest BCUT2D eigenvalue weighted by molar-refractivity contribution is 5.93. The van der Waals surface area contributed by atoms with Crippen LogP contribution in [0.1, 0.15) is 70.3 Å². The second-order valence-electron chi connectivity index (χ2n) is 9.94. The summed E-state index contributed by atoms with van der Waals surface area (Å²) in [4.78, 5) is 12.1. The monoisotopic (exact) mass is 401 g/mol. The van der Waals surface area contributed by atoms with Gasteiger partial charge < -0.3 is 10.8 Å². The fourth-order valence-electron chi connectivity index (χ4n) is 7.10. The van der Waals surface area contributed by atoms with Gasteiger partial charge in [0.2, 0.25) is 0 Å². The van der Waals surface area contributed by atoms with Crippen LogP contribution in [0.15, 0.2) is 47.1 Å². The van der Waals surface area contributed by atoms with Crippen molar-refractivity contribution in [1.82, 2.24) is 0 Å². The Labute approximate surface area is 179 Å². The molecule has 2 saturated carbocycles. The molecule has 4 aliphatic rings. The van der Waals surface area contributed by atoms with Gasteiger partial charge in [-0.05, 0) is 92.2 Å². The van der Waals surface area contributed by atoms with E-state index in [1.807, 2.05) is 25.1 Å². The fourth-order valence-corrected chi connectivity index (χ4v) is 7.10. The molecule has 5 atom stereocenters. The molecule has 30 heavy (non-hydrogen) atoms. The normalized spacial score (nSPS) is 37.5. The van der Waals surface area contributed by atoms with E-state index in [0.29, 0.717) is 18.3 Å². The van der Waals surface area contributed by atoms with Gasteiger partial charge in [-0.3, -0.25) is 4.79 Å². The number of fused-ring (bicyclic) bond motifs is 4. The van der Waals surface area contributed by atoms with Gasteiger partial charge in [-0.25, -0.2) is 0 Å². The van der Waals surface area contributed by atoms with Crippen molar-refractivity contribution in [3.63, 3.8) is 0 Å². The Morgan fingerprint density at radius 2 is 1.90 bits per heavy atom. The van der Waals surface area contributed by atoms with Gasteiger partial charge in [-0.2, -0.15) is 0 Å². The molecule has 5 unspecified atom stereocenters. The quantitative estimate of drug-likeness (QED) is 0.518. The zero-order valence-corrected chi connectivity index (χ0v) is 18.0. The summed E-state index contributed by atoms with van der Waals surface area (Å²) < 4.78 is 0. The van der Waals surface area contributed by atoms with Crippen LogP contribution >= 0.6 is 0 Å². The summed E-state index contributed by atoms with van der Waals surface area (Å²) in [5.41, 5.74) is 11.1. The largest absolute Gasteiger partial charge is 0.399 e. The minimum absolute atomic E-state index is 0.234. The van der Waals surface area contributed by atoms with Crippen molar-refractivity contribution in [2.24, 2.45) is 17.3 Å². The van der Waals surface area contributed by atoms with Gasteiger partial charge in [0.25, 0.3) is 0 Å². The van der Waals surface area contributed by atoms with Crippen LogP contribution in [-0.2, 0) is 4.79 Å². The van der Waals surface area contributed by atoms with Gasteiger partial charge in [-0.15, -0.1) is 5.92 Å². The fraction of sp³-hybridized carbons (Fsp3) is 0.519. The van der Waals surface area contributed by atoms with Crippen LogP contribution in [0.25, 0.3) is 0 Å². The van der Waals surface area contributed by atoms with E-state index >= 15 is 0 Å². The third-order valence-corrected chi connectivity index (χ3v) is 8.56. The predicted octanol–water partition coefficient (Wildman–Crippen LogP) is 4.92. The molecule has 3 heteroatoms. The smallest absolute Gasteiger partial charge is 0.156 e. The zero-order valence-electron chi connectivity index (χ0n) is 18.0. The lowest BCUT2D eigenvalue weighted by molar-refractivity contribution is -0.114. The van der Waals surface area contributed by atoms with Gasteiger partial charge >= 0.3 is 0 Å². The molecule has 2 fully saturated rings. The SMILES string of the molecule is CC#CC1(O)CCC2C3CCC4=CC(=O)CCC4=C3C(c3ccc(N)cc3)CC21C. The first kappa shape index (κ1) is 19.6. The number of allylic oxidation sites excluding steroid dienone is 4. The van der Waals surface area contributed by atoms with Crippen LogP contribution in [0.2, 0.25) is 0 Å². The standard InChI is InChI=1S/C27H31NO2/c1-3-13-27(30)14-12-24-22-10-6-18-15-20(29)9-11-21(18)25(22)23(16-26(24,27)2)17-4-7-19(28)8-5-17/h4-5,7-8,15,22-24,30H,6,9-12,14,16,28H2,1-2H3. The summed E-state index contributed by atoms with van der Waals surface area (Å²) in [7, 11) is 0. The van der Waals surface area contributed by atoms with Crippen molar-refractivity contribution in [1.29, 1.82) is 0 Å². The van der Waals surface area contributed by atoms with Crippen LogP contribution in [0.3, 0.4) is 0 Å². The van der Waals surface area contributed by atoms with E-state index in [2.05, 4.69) is 30.9 Å². The molecule has 0 amide bonds. The summed E-state index contributed by atoms with van der Waals surface area (Å²) in [6, 6.07) is 8.28. The maximum Gasteiger partial charge on any atom is 0.156 e. The van der Waals surface area contributed by atoms with Crippen molar-refractivity contribution >= 4 is 11.5 Å². The molecule has 0 heterocycles. The number of anilines is 1. The van der Waals surface area contributed by atoms with Crippen molar-refractivity contribution in [2.45, 2.75) is 70.3 Å². The minimum Gasteiger partial charge on any atom is -0.399 e. The number of aliphatic hydroxyl groups is 1. The molecule has 0 aromatic heterocycles. The Hall–Kier alpha value is -2.31. The Bertz CT molecular complexity index is 1020. The highest BCUT2D eigenvalue weighted by atomic mass is 16.3. The van der Waals surface area contributed by atoms with Crippen LogP contribution in [0, 0.1) is 29.1 Å². The third-order valence-electron chi connectivity index (χ3n) is 8.56. The highest BCUT2D eigenvalue weighted by Gasteiger charge is 2.62. The van der Waals surface area contributed by atoms with E-state index in [4.69, 9.17) is 5.73 Å². The topological polar surface area (TPSA) is 63.3 Å². The Balaban J connectivity index is 1.69. The van der Waals surface area contributed by atoms with Crippen LogP contribution < -0.4 is 5.73 Å². The number of carbonyl (C=O) groups excluding carboxylic acids is 1. The molecule has 0 spiro atoms. The molecular weight excluding hydrogens is 370 g/mol. The summed E-state index contributed by atoms with van der Waals surface area (Å²) in [5.74, 6) is 7.64. The molecule has 3 N–H and O–H groups in total. The molecule has 156 valence electrons. The van der Waals surface area contributed by atoms with Crippen molar-refractivity contribution in [2.75, 3.05) is 5.73 Å². The summed E-state index contributed by atoms with van der Waals surface area (Å²) in [5, 5.41) is 11.6. The van der Waals surface area contributed by atoms with Crippen molar-refractivity contribution in [3.05, 3.63) is 52.6 Å². The van der Waals surface area contributed by atoms with Crippen LogP contribution in [-0.4, -0.2) is 16.5 Å². The highest BCUT2D eigenvalue weighted by Crippen LogP contribution is 2.66. The van der Waals surface area contributed by atoms with Gasteiger partial charge in [0.1, 0.15) is 5.60 Å². The summed E-state index contributed by atoms with van der Waals surface area (Å²) in [6.07, 6.45) is 8.11. The Kier molecular flexibility index (Phi) is 4.49. The molecular formula is C27H31NO2. The van der Waals surface area contributed by atoms with E-state index in [1.54, 1.807) is 5.57 Å². The molecule has 5 rings (SSSR count). The third kappa shape index (κ3) is 2.73. The molecule has 0 bridgehead atoms. The first-order valence-electron chi connectivity index (χ1n) is 11.3. The summed E-state index contributed by atoms with van der Waals surface area (Å²) >= 11 is 0. The van der Waals surface area contributed by atoms with E-state index < -0.39 is 5.60 Å². The summed E-state index contributed by atoms with van der Waals surface area (Å²) in [6.45, 7) is 4.11. The average molecular weight is 402 g/mol. The molecule has 4 aliphatic carbocycles. The average Bonchev–Trinajstić information content (AvgIpc) is 2.98. The molecule has 1 aromatic carbocycles. The van der Waals surface area contributed by atoms with Crippen LogP contribution in [0.5, 0.6) is 0 Å². The Morgan fingerprint density at radius 1 is 1.13 bits per heavy atom. The number of hydrogen-bond acceptors (Lipinski definition) is 3. The number of ketones is 1. The van der Waals surface area contributed by atoms with Crippen LogP contribution in [0.4, 0.5) is 5.69 Å². The van der Waals surface area contributed by atoms with Crippen molar-refractivity contribution in [3.8, 4) is 11.8 Å². The number of rotatable bonds is 1. The van der Waals surface area contributed by atoms with Gasteiger partial charge in [0.15, 0.2) is 5.78 Å². The van der Waals surface area contributed by atoms with E-state index in [9.17, 15) is 9.90 Å². The Morgan fingerprint density at radius 3 is 2.63 bits per heavy atom. The second kappa shape index (κ2) is 6.86. The number of benzene rings is 1. The molecule has 0 saturated heterocycles. The number of nitrogens with two attached hydrogens (primary N) is 1. The maximum atomic E-state index is 12.1. The van der Waals surface area contributed by atoms with Gasteiger partial charge in [-0.1, -0.05) is 30.6 Å². The predicted molar refractivity (Wildman–Crippen MR) is 120 cm³/mol. The molecule has 1 aromatic rings. The number of nitrogen functional groups attached to an aromatic ring is 1. The van der Waals surface area contributed by atoms with Gasteiger partial charge in [0.05, 0.1) is 0 Å². The lowest BCUT2D eigenvalue weighted by Gasteiger charge is -2.53. The number of carbonyl (C=O) groups is 1. The molecule has 0 aliphatic heterocycles.